The van der Waals surface area contributed by atoms with E-state index < -0.39 is 17.9 Å². The molecule has 7 heteroatoms. The van der Waals surface area contributed by atoms with Gasteiger partial charge in [-0.1, -0.05) is 12.1 Å². The maximum atomic E-state index is 12.8. The number of nitrogens with zero attached hydrogens (tertiary/aromatic N) is 2. The second-order valence-corrected chi connectivity index (χ2v) is 7.13. The molecule has 3 rings (SSSR count). The van der Waals surface area contributed by atoms with Crippen LogP contribution in [0.1, 0.15) is 26.2 Å². The normalized spacial score (nSPS) is 21.7. The summed E-state index contributed by atoms with van der Waals surface area (Å²) in [5, 5.41) is 9.26. The molecule has 1 aliphatic carbocycles. The Hall–Kier alpha value is -1.89. The van der Waals surface area contributed by atoms with Crippen molar-refractivity contribution in [2.45, 2.75) is 38.3 Å². The summed E-state index contributed by atoms with van der Waals surface area (Å²) in [6.45, 7) is 1.96. The third kappa shape index (κ3) is 3.05. The predicted molar refractivity (Wildman–Crippen MR) is 91.6 cm³/mol. The van der Waals surface area contributed by atoms with Crippen molar-refractivity contribution in [2.75, 3.05) is 11.4 Å². The molecule has 1 aliphatic heterocycles. The molecule has 0 radical (unpaired) electrons. The number of rotatable bonds is 5. The predicted octanol–water partition coefficient (Wildman–Crippen LogP) is 2.27. The molecule has 1 aromatic rings. The van der Waals surface area contributed by atoms with Crippen LogP contribution in [0.5, 0.6) is 0 Å². The first-order valence-electron chi connectivity index (χ1n) is 8.02. The molecule has 0 spiro atoms. The van der Waals surface area contributed by atoms with Crippen LogP contribution in [0.4, 0.5) is 5.69 Å². The highest BCUT2D eigenvalue weighted by Gasteiger charge is 2.46. The summed E-state index contributed by atoms with van der Waals surface area (Å²) in [5.41, 5.74) is 0.738. The molecule has 1 N–H and O–H groups in total. The zero-order valence-electron chi connectivity index (χ0n) is 13.3. The molecule has 24 heavy (non-hydrogen) atoms. The average Bonchev–Trinajstić information content (AvgIpc) is 3.30. The van der Waals surface area contributed by atoms with E-state index >= 15 is 0 Å². The number of hydrogen-bond acceptors (Lipinski definition) is 3. The van der Waals surface area contributed by atoms with Gasteiger partial charge in [0.25, 0.3) is 0 Å². The highest BCUT2D eigenvalue weighted by molar-refractivity contribution is 9.10. The summed E-state index contributed by atoms with van der Waals surface area (Å²) in [6, 6.07) is 6.42. The van der Waals surface area contributed by atoms with Crippen molar-refractivity contribution >= 4 is 39.4 Å². The van der Waals surface area contributed by atoms with Crippen LogP contribution in [-0.2, 0) is 14.4 Å². The van der Waals surface area contributed by atoms with E-state index in [-0.39, 0.29) is 17.9 Å². The number of halogens is 1. The summed E-state index contributed by atoms with van der Waals surface area (Å²) in [7, 11) is 0. The van der Waals surface area contributed by atoms with Crippen LogP contribution in [0.2, 0.25) is 0 Å². The first-order chi connectivity index (χ1) is 11.4. The highest BCUT2D eigenvalue weighted by Crippen LogP contribution is 2.35. The van der Waals surface area contributed by atoms with Crippen LogP contribution >= 0.6 is 15.9 Å². The number of benzene rings is 1. The lowest BCUT2D eigenvalue weighted by molar-refractivity contribution is -0.153. The van der Waals surface area contributed by atoms with E-state index in [0.717, 1.165) is 23.0 Å². The van der Waals surface area contributed by atoms with Gasteiger partial charge in [0.05, 0.1) is 5.69 Å². The number of carboxylic acid groups (broad SMARTS) is 1. The SMILES string of the molecule is CC(C(=O)O)N(C(=O)C1CCN(c2ccccc2Br)C1=O)C1CC1. The Balaban J connectivity index is 1.80. The van der Waals surface area contributed by atoms with Crippen LogP contribution in [0, 0.1) is 5.92 Å². The lowest BCUT2D eigenvalue weighted by atomic mass is 10.1. The summed E-state index contributed by atoms with van der Waals surface area (Å²) >= 11 is 3.43. The second kappa shape index (κ2) is 6.55. The number of amides is 2. The number of aliphatic carboxylic acids is 1. The second-order valence-electron chi connectivity index (χ2n) is 6.27. The van der Waals surface area contributed by atoms with E-state index in [2.05, 4.69) is 15.9 Å². The molecule has 6 nitrogen and oxygen atoms in total. The van der Waals surface area contributed by atoms with Crippen LogP contribution in [0.15, 0.2) is 28.7 Å². The van der Waals surface area contributed by atoms with E-state index in [1.165, 1.54) is 11.8 Å². The van der Waals surface area contributed by atoms with Gasteiger partial charge >= 0.3 is 5.97 Å². The average molecular weight is 395 g/mol. The Morgan fingerprint density at radius 3 is 2.54 bits per heavy atom. The van der Waals surface area contributed by atoms with Crippen molar-refractivity contribution in [1.82, 2.24) is 4.90 Å². The third-order valence-corrected chi connectivity index (χ3v) is 5.29. The van der Waals surface area contributed by atoms with Gasteiger partial charge in [-0.05, 0) is 54.2 Å². The molecule has 0 bridgehead atoms. The van der Waals surface area contributed by atoms with Gasteiger partial charge in [0.15, 0.2) is 0 Å². The molecule has 1 heterocycles. The minimum atomic E-state index is -1.04. The van der Waals surface area contributed by atoms with E-state index in [0.29, 0.717) is 13.0 Å². The minimum Gasteiger partial charge on any atom is -0.480 e. The number of carboxylic acids is 1. The van der Waals surface area contributed by atoms with Gasteiger partial charge < -0.3 is 14.9 Å². The maximum absolute atomic E-state index is 12.8. The maximum Gasteiger partial charge on any atom is 0.326 e. The van der Waals surface area contributed by atoms with E-state index in [4.69, 9.17) is 0 Å². The van der Waals surface area contributed by atoms with E-state index in [1.54, 1.807) is 4.90 Å². The van der Waals surface area contributed by atoms with Crippen molar-refractivity contribution in [3.8, 4) is 0 Å². The lowest BCUT2D eigenvalue weighted by Crippen LogP contribution is -2.48. The fourth-order valence-corrected chi connectivity index (χ4v) is 3.66. The van der Waals surface area contributed by atoms with Gasteiger partial charge in [-0.3, -0.25) is 9.59 Å². The molecule has 1 saturated heterocycles. The standard InChI is InChI=1S/C17H19BrN2O4/c1-10(17(23)24)20(11-6-7-11)16(22)12-8-9-19(15(12)21)14-5-3-2-4-13(14)18/h2-5,10-12H,6-9H2,1H3,(H,23,24). The van der Waals surface area contributed by atoms with Gasteiger partial charge in [-0.2, -0.15) is 0 Å². The lowest BCUT2D eigenvalue weighted by Gasteiger charge is -2.28. The third-order valence-electron chi connectivity index (χ3n) is 4.62. The summed E-state index contributed by atoms with van der Waals surface area (Å²) in [6.07, 6.45) is 2.02. The monoisotopic (exact) mass is 394 g/mol. The van der Waals surface area contributed by atoms with Gasteiger partial charge in [0, 0.05) is 17.1 Å². The zero-order valence-corrected chi connectivity index (χ0v) is 14.9. The fraction of sp³-hybridized carbons (Fsp3) is 0.471. The number of carbonyl (C=O) groups excluding carboxylic acids is 2. The van der Waals surface area contributed by atoms with Gasteiger partial charge in [-0.15, -0.1) is 0 Å². The quantitative estimate of drug-likeness (QED) is 0.776. The molecule has 0 aromatic heterocycles. The first kappa shape index (κ1) is 17.0. The molecular formula is C17H19BrN2O4. The Bertz CT molecular complexity index is 689. The molecule has 1 saturated carbocycles. The van der Waals surface area contributed by atoms with Crippen LogP contribution < -0.4 is 4.90 Å². The zero-order chi connectivity index (χ0) is 17.4. The number of anilines is 1. The Morgan fingerprint density at radius 2 is 1.96 bits per heavy atom. The molecule has 128 valence electrons. The largest absolute Gasteiger partial charge is 0.480 e. The van der Waals surface area contributed by atoms with Crippen molar-refractivity contribution in [2.24, 2.45) is 5.92 Å². The van der Waals surface area contributed by atoms with Crippen molar-refractivity contribution in [3.05, 3.63) is 28.7 Å². The Labute approximate surface area is 148 Å². The van der Waals surface area contributed by atoms with Crippen LogP contribution in [0.3, 0.4) is 0 Å². The summed E-state index contributed by atoms with van der Waals surface area (Å²) < 4.78 is 0.796. The van der Waals surface area contributed by atoms with Gasteiger partial charge in [0.1, 0.15) is 12.0 Å². The van der Waals surface area contributed by atoms with Crippen molar-refractivity contribution in [3.63, 3.8) is 0 Å². The molecular weight excluding hydrogens is 376 g/mol. The van der Waals surface area contributed by atoms with E-state index in [1.807, 2.05) is 24.3 Å². The highest BCUT2D eigenvalue weighted by atomic mass is 79.9. The number of para-hydroxylation sites is 1. The summed E-state index contributed by atoms with van der Waals surface area (Å²) in [4.78, 5) is 39.9. The number of carbonyl (C=O) groups is 3. The summed E-state index contributed by atoms with van der Waals surface area (Å²) in [5.74, 6) is -2.44. The van der Waals surface area contributed by atoms with Crippen LogP contribution in [0.25, 0.3) is 0 Å². The van der Waals surface area contributed by atoms with Gasteiger partial charge in [-0.25, -0.2) is 4.79 Å². The smallest absolute Gasteiger partial charge is 0.326 e. The van der Waals surface area contributed by atoms with Crippen molar-refractivity contribution in [1.29, 1.82) is 0 Å². The Morgan fingerprint density at radius 1 is 1.29 bits per heavy atom. The van der Waals surface area contributed by atoms with E-state index in [9.17, 15) is 19.5 Å². The van der Waals surface area contributed by atoms with Crippen LogP contribution in [-0.4, -0.2) is 46.4 Å². The number of hydrogen-bond donors (Lipinski definition) is 1. The topological polar surface area (TPSA) is 77.9 Å². The molecule has 2 unspecified atom stereocenters. The molecule has 1 aromatic carbocycles. The Kier molecular flexibility index (Phi) is 4.62. The minimum absolute atomic E-state index is 0.0473. The first-order valence-corrected chi connectivity index (χ1v) is 8.82. The molecule has 2 fully saturated rings. The van der Waals surface area contributed by atoms with Gasteiger partial charge in [0.2, 0.25) is 11.8 Å². The van der Waals surface area contributed by atoms with Crippen molar-refractivity contribution < 1.29 is 19.5 Å². The molecule has 2 aliphatic rings. The molecule has 2 amide bonds. The fourth-order valence-electron chi connectivity index (χ4n) is 3.16. The molecule has 2 atom stereocenters.